The van der Waals surface area contributed by atoms with Gasteiger partial charge in [0.05, 0.1) is 0 Å². The minimum Gasteiger partial charge on any atom is -0.330 e. The largest absolute Gasteiger partial charge is 0.330 e. The second kappa shape index (κ2) is 3.34. The van der Waals surface area contributed by atoms with Gasteiger partial charge in [0, 0.05) is 12.4 Å². The zero-order chi connectivity index (χ0) is 10.1. The number of rotatable bonds is 2. The summed E-state index contributed by atoms with van der Waals surface area (Å²) in [6.45, 7) is 4.52. The van der Waals surface area contributed by atoms with Gasteiger partial charge in [-0.1, -0.05) is 6.92 Å². The van der Waals surface area contributed by atoms with Crippen molar-refractivity contribution in [2.24, 2.45) is 5.73 Å². The lowest BCUT2D eigenvalue weighted by Crippen LogP contribution is -2.10. The summed E-state index contributed by atoms with van der Waals surface area (Å²) < 4.78 is 1.69. The SMILES string of the molecule is Cc1nc2ncc(C(C)CN)cn2n1. The molecule has 0 aromatic carbocycles. The van der Waals surface area contributed by atoms with Crippen molar-refractivity contribution >= 4 is 5.78 Å². The van der Waals surface area contributed by atoms with Gasteiger partial charge in [0.1, 0.15) is 5.82 Å². The molecular formula is C9H13N5. The van der Waals surface area contributed by atoms with Crippen LogP contribution in [-0.2, 0) is 0 Å². The molecule has 0 saturated carbocycles. The van der Waals surface area contributed by atoms with E-state index < -0.39 is 0 Å². The van der Waals surface area contributed by atoms with Crippen LogP contribution in [0.1, 0.15) is 24.2 Å². The number of hydrogen-bond acceptors (Lipinski definition) is 4. The van der Waals surface area contributed by atoms with Gasteiger partial charge in [-0.15, -0.1) is 0 Å². The summed E-state index contributed by atoms with van der Waals surface area (Å²) in [7, 11) is 0. The Morgan fingerprint density at radius 1 is 1.57 bits per heavy atom. The first kappa shape index (κ1) is 9.08. The predicted octanol–water partition coefficient (Wildman–Crippen LogP) is 0.495. The Bertz CT molecular complexity index is 447. The third kappa shape index (κ3) is 1.46. The Hall–Kier alpha value is -1.49. The molecule has 0 aliphatic heterocycles. The van der Waals surface area contributed by atoms with Crippen LogP contribution in [0.15, 0.2) is 12.4 Å². The molecule has 2 N–H and O–H groups in total. The van der Waals surface area contributed by atoms with Crippen molar-refractivity contribution in [2.75, 3.05) is 6.54 Å². The highest BCUT2D eigenvalue weighted by molar-refractivity contribution is 5.28. The van der Waals surface area contributed by atoms with Gasteiger partial charge < -0.3 is 5.73 Å². The molecule has 0 saturated heterocycles. The van der Waals surface area contributed by atoms with Gasteiger partial charge in [0.15, 0.2) is 0 Å². The average molecular weight is 191 g/mol. The Morgan fingerprint density at radius 3 is 3.07 bits per heavy atom. The molecule has 2 heterocycles. The van der Waals surface area contributed by atoms with Crippen LogP contribution in [-0.4, -0.2) is 26.1 Å². The summed E-state index contributed by atoms with van der Waals surface area (Å²) in [6, 6.07) is 0. The molecule has 0 amide bonds. The smallest absolute Gasteiger partial charge is 0.252 e. The molecule has 2 aromatic rings. The lowest BCUT2D eigenvalue weighted by Gasteiger charge is -2.06. The third-order valence-corrected chi connectivity index (χ3v) is 2.24. The zero-order valence-corrected chi connectivity index (χ0v) is 8.31. The normalized spacial score (nSPS) is 13.4. The molecule has 74 valence electrons. The molecule has 1 unspecified atom stereocenters. The highest BCUT2D eigenvalue weighted by atomic mass is 15.3. The number of hydrogen-bond donors (Lipinski definition) is 1. The van der Waals surface area contributed by atoms with Crippen LogP contribution in [0.25, 0.3) is 5.78 Å². The number of fused-ring (bicyclic) bond motifs is 1. The Morgan fingerprint density at radius 2 is 2.36 bits per heavy atom. The highest BCUT2D eigenvalue weighted by Crippen LogP contribution is 2.12. The van der Waals surface area contributed by atoms with Gasteiger partial charge in [0.2, 0.25) is 0 Å². The molecule has 14 heavy (non-hydrogen) atoms. The monoisotopic (exact) mass is 191 g/mol. The second-order valence-corrected chi connectivity index (χ2v) is 3.43. The van der Waals surface area contributed by atoms with Crippen molar-refractivity contribution in [1.29, 1.82) is 0 Å². The molecule has 0 radical (unpaired) electrons. The maximum Gasteiger partial charge on any atom is 0.252 e. The molecule has 0 aliphatic carbocycles. The van der Waals surface area contributed by atoms with E-state index in [0.29, 0.717) is 18.2 Å². The molecule has 0 fully saturated rings. The maximum absolute atomic E-state index is 5.58. The van der Waals surface area contributed by atoms with Crippen LogP contribution in [0.2, 0.25) is 0 Å². The van der Waals surface area contributed by atoms with Gasteiger partial charge in [-0.25, -0.2) is 9.50 Å². The van der Waals surface area contributed by atoms with Crippen LogP contribution in [0.3, 0.4) is 0 Å². The number of aromatic nitrogens is 4. The van der Waals surface area contributed by atoms with E-state index in [2.05, 4.69) is 22.0 Å². The van der Waals surface area contributed by atoms with Gasteiger partial charge in [-0.3, -0.25) is 0 Å². The van der Waals surface area contributed by atoms with E-state index in [-0.39, 0.29) is 0 Å². The first-order valence-corrected chi connectivity index (χ1v) is 4.59. The first-order valence-electron chi connectivity index (χ1n) is 4.59. The van der Waals surface area contributed by atoms with Crippen molar-refractivity contribution in [3.8, 4) is 0 Å². The molecular weight excluding hydrogens is 178 g/mol. The molecule has 0 aliphatic rings. The van der Waals surface area contributed by atoms with Crippen molar-refractivity contribution in [3.63, 3.8) is 0 Å². The fourth-order valence-corrected chi connectivity index (χ4v) is 1.29. The highest BCUT2D eigenvalue weighted by Gasteiger charge is 2.06. The van der Waals surface area contributed by atoms with Crippen LogP contribution in [0, 0.1) is 6.92 Å². The quantitative estimate of drug-likeness (QED) is 0.750. The van der Waals surface area contributed by atoms with Gasteiger partial charge in [-0.05, 0) is 24.9 Å². The number of nitrogens with two attached hydrogens (primary N) is 1. The van der Waals surface area contributed by atoms with E-state index in [0.717, 1.165) is 11.4 Å². The predicted molar refractivity (Wildman–Crippen MR) is 53.0 cm³/mol. The average Bonchev–Trinajstić information content (AvgIpc) is 2.55. The molecule has 5 nitrogen and oxygen atoms in total. The van der Waals surface area contributed by atoms with Crippen molar-refractivity contribution in [2.45, 2.75) is 19.8 Å². The van der Waals surface area contributed by atoms with Crippen molar-refractivity contribution in [1.82, 2.24) is 19.6 Å². The Labute approximate surface area is 82.0 Å². The zero-order valence-electron chi connectivity index (χ0n) is 8.31. The van der Waals surface area contributed by atoms with E-state index in [1.165, 1.54) is 0 Å². The van der Waals surface area contributed by atoms with E-state index in [1.807, 2.05) is 13.1 Å². The van der Waals surface area contributed by atoms with Gasteiger partial charge in [0.25, 0.3) is 5.78 Å². The van der Waals surface area contributed by atoms with Gasteiger partial charge >= 0.3 is 0 Å². The van der Waals surface area contributed by atoms with Crippen molar-refractivity contribution < 1.29 is 0 Å². The lowest BCUT2D eigenvalue weighted by molar-refractivity contribution is 0.752. The van der Waals surface area contributed by atoms with E-state index in [4.69, 9.17) is 5.73 Å². The number of nitrogens with zero attached hydrogens (tertiary/aromatic N) is 4. The summed E-state index contributed by atoms with van der Waals surface area (Å²) in [5.74, 6) is 1.67. The fourth-order valence-electron chi connectivity index (χ4n) is 1.29. The Balaban J connectivity index is 2.50. The lowest BCUT2D eigenvalue weighted by atomic mass is 10.1. The molecule has 2 aromatic heterocycles. The van der Waals surface area contributed by atoms with Crippen LogP contribution >= 0.6 is 0 Å². The minimum absolute atomic E-state index is 0.302. The third-order valence-electron chi connectivity index (χ3n) is 2.24. The van der Waals surface area contributed by atoms with E-state index >= 15 is 0 Å². The van der Waals surface area contributed by atoms with Crippen LogP contribution in [0.5, 0.6) is 0 Å². The molecule has 1 atom stereocenters. The fraction of sp³-hybridized carbons (Fsp3) is 0.444. The summed E-state index contributed by atoms with van der Waals surface area (Å²) in [4.78, 5) is 8.35. The summed E-state index contributed by atoms with van der Waals surface area (Å²) in [5.41, 5.74) is 6.67. The molecule has 0 bridgehead atoms. The first-order chi connectivity index (χ1) is 6.70. The topological polar surface area (TPSA) is 69.1 Å². The number of aryl methyl sites for hydroxylation is 1. The summed E-state index contributed by atoms with van der Waals surface area (Å²) >= 11 is 0. The second-order valence-electron chi connectivity index (χ2n) is 3.43. The van der Waals surface area contributed by atoms with Crippen molar-refractivity contribution in [3.05, 3.63) is 23.8 Å². The Kier molecular flexibility index (Phi) is 2.17. The maximum atomic E-state index is 5.58. The summed E-state index contributed by atoms with van der Waals surface area (Å²) in [5, 5.41) is 4.19. The van der Waals surface area contributed by atoms with E-state index in [9.17, 15) is 0 Å². The standard InChI is InChI=1S/C9H13N5/c1-6(3-10)8-4-11-9-12-7(2)13-14(9)5-8/h4-6H,3,10H2,1-2H3. The van der Waals surface area contributed by atoms with Crippen LogP contribution < -0.4 is 5.73 Å². The molecule has 0 spiro atoms. The molecule has 2 rings (SSSR count). The van der Waals surface area contributed by atoms with E-state index in [1.54, 1.807) is 10.7 Å². The minimum atomic E-state index is 0.302. The summed E-state index contributed by atoms with van der Waals surface area (Å²) in [6.07, 6.45) is 3.74. The molecule has 5 heteroatoms. The van der Waals surface area contributed by atoms with Gasteiger partial charge in [-0.2, -0.15) is 10.1 Å². The van der Waals surface area contributed by atoms with Crippen LogP contribution in [0.4, 0.5) is 0 Å².